The van der Waals surface area contributed by atoms with E-state index in [1.54, 1.807) is 11.3 Å². The molecule has 1 saturated heterocycles. The topological polar surface area (TPSA) is 56.1 Å². The molecule has 5 nitrogen and oxygen atoms in total. The van der Waals surface area contributed by atoms with Crippen LogP contribution in [-0.4, -0.2) is 52.4 Å². The Hall–Kier alpha value is -2.18. The molecule has 2 aliphatic rings. The van der Waals surface area contributed by atoms with Gasteiger partial charge in [-0.3, -0.25) is 4.79 Å². The number of fused-ring (bicyclic) bond motifs is 1. The van der Waals surface area contributed by atoms with E-state index in [9.17, 15) is 9.90 Å². The Labute approximate surface area is 176 Å². The maximum Gasteiger partial charge on any atom is 0.223 e. The van der Waals surface area contributed by atoms with Crippen LogP contribution in [0.5, 0.6) is 0 Å². The molecule has 1 unspecified atom stereocenters. The second-order valence-electron chi connectivity index (χ2n) is 8.46. The van der Waals surface area contributed by atoms with E-state index in [2.05, 4.69) is 41.9 Å². The average molecular weight is 412 g/mol. The van der Waals surface area contributed by atoms with Crippen LogP contribution in [0.4, 0.5) is 5.00 Å². The SMILES string of the molecule is Cc1cc2c(s1)N=CN(CC1(O)CCN(C(=O)CC(C)c3ccccc3)CC1)C2. The summed E-state index contributed by atoms with van der Waals surface area (Å²) in [5, 5.41) is 12.2. The van der Waals surface area contributed by atoms with Crippen molar-refractivity contribution in [1.82, 2.24) is 9.80 Å². The summed E-state index contributed by atoms with van der Waals surface area (Å²) in [5.41, 5.74) is 1.67. The van der Waals surface area contributed by atoms with Gasteiger partial charge < -0.3 is 14.9 Å². The first-order chi connectivity index (χ1) is 13.9. The third kappa shape index (κ3) is 4.70. The number of aliphatic imine (C=N–C) groups is 1. The predicted molar refractivity (Wildman–Crippen MR) is 118 cm³/mol. The lowest BCUT2D eigenvalue weighted by Crippen LogP contribution is -2.52. The molecule has 0 spiro atoms. The standard InChI is InChI=1S/C23H29N3O2S/c1-17(19-6-4-3-5-7-19)12-21(27)26-10-8-23(28,9-11-26)15-25-14-20-13-18(2)29-22(20)24-16-25/h3-7,13,16-17,28H,8-12,14-15H2,1-2H3. The number of likely N-dealkylation sites (tertiary alicyclic amines) is 1. The summed E-state index contributed by atoms with van der Waals surface area (Å²) >= 11 is 1.71. The first kappa shape index (κ1) is 20.1. The number of nitrogens with zero attached hydrogens (tertiary/aromatic N) is 3. The molecule has 4 rings (SSSR count). The van der Waals surface area contributed by atoms with Gasteiger partial charge in [-0.2, -0.15) is 0 Å². The predicted octanol–water partition coefficient (Wildman–Crippen LogP) is 4.08. The minimum Gasteiger partial charge on any atom is -0.388 e. The van der Waals surface area contributed by atoms with E-state index in [1.807, 2.05) is 29.4 Å². The Balaban J connectivity index is 1.29. The smallest absolute Gasteiger partial charge is 0.223 e. The van der Waals surface area contributed by atoms with Gasteiger partial charge in [0.15, 0.2) is 0 Å². The van der Waals surface area contributed by atoms with E-state index < -0.39 is 5.60 Å². The summed E-state index contributed by atoms with van der Waals surface area (Å²) in [4.78, 5) is 22.6. The van der Waals surface area contributed by atoms with Gasteiger partial charge in [-0.05, 0) is 37.3 Å². The lowest BCUT2D eigenvalue weighted by Gasteiger charge is -2.41. The van der Waals surface area contributed by atoms with Crippen LogP contribution < -0.4 is 0 Å². The molecule has 0 aliphatic carbocycles. The summed E-state index contributed by atoms with van der Waals surface area (Å²) in [6.45, 7) is 6.79. The molecule has 1 amide bonds. The van der Waals surface area contributed by atoms with Crippen LogP contribution in [0.25, 0.3) is 0 Å². The van der Waals surface area contributed by atoms with Crippen molar-refractivity contribution < 1.29 is 9.90 Å². The minimum atomic E-state index is -0.767. The van der Waals surface area contributed by atoms with Crippen molar-refractivity contribution in [2.75, 3.05) is 19.6 Å². The molecule has 1 N–H and O–H groups in total. The van der Waals surface area contributed by atoms with E-state index in [1.165, 1.54) is 16.0 Å². The van der Waals surface area contributed by atoms with Crippen molar-refractivity contribution in [3.63, 3.8) is 0 Å². The first-order valence-corrected chi connectivity index (χ1v) is 11.2. The van der Waals surface area contributed by atoms with Gasteiger partial charge in [0.2, 0.25) is 5.91 Å². The Morgan fingerprint density at radius 1 is 1.28 bits per heavy atom. The summed E-state index contributed by atoms with van der Waals surface area (Å²) < 4.78 is 0. The number of aryl methyl sites for hydroxylation is 1. The summed E-state index contributed by atoms with van der Waals surface area (Å²) in [7, 11) is 0. The Bertz CT molecular complexity index is 885. The number of hydrogen-bond donors (Lipinski definition) is 1. The number of carbonyl (C=O) groups is 1. The second-order valence-corrected chi connectivity index (χ2v) is 9.69. The molecule has 3 heterocycles. The van der Waals surface area contributed by atoms with Crippen molar-refractivity contribution in [2.45, 2.75) is 51.2 Å². The van der Waals surface area contributed by atoms with Gasteiger partial charge in [0.25, 0.3) is 0 Å². The minimum absolute atomic E-state index is 0.182. The number of β-amino-alcohol motifs (C(OH)–C–C–N with tert-alkyl or cyclic N) is 1. The maximum atomic E-state index is 12.7. The molecule has 6 heteroatoms. The van der Waals surface area contributed by atoms with Gasteiger partial charge in [-0.1, -0.05) is 37.3 Å². The lowest BCUT2D eigenvalue weighted by atomic mass is 9.89. The average Bonchev–Trinajstić information content (AvgIpc) is 3.08. The fraction of sp³-hybridized carbons (Fsp3) is 0.478. The molecule has 1 fully saturated rings. The third-order valence-electron chi connectivity index (χ3n) is 6.02. The zero-order chi connectivity index (χ0) is 20.4. The molecule has 154 valence electrons. The van der Waals surface area contributed by atoms with Crippen LogP contribution in [0.1, 0.15) is 48.1 Å². The van der Waals surface area contributed by atoms with E-state index in [0.29, 0.717) is 38.9 Å². The van der Waals surface area contributed by atoms with E-state index in [-0.39, 0.29) is 11.8 Å². The second kappa shape index (κ2) is 8.28. The quantitative estimate of drug-likeness (QED) is 0.807. The van der Waals surface area contributed by atoms with Gasteiger partial charge in [-0.25, -0.2) is 4.99 Å². The van der Waals surface area contributed by atoms with Gasteiger partial charge in [0.1, 0.15) is 5.00 Å². The lowest BCUT2D eigenvalue weighted by molar-refractivity contribution is -0.136. The summed E-state index contributed by atoms with van der Waals surface area (Å²) in [6.07, 6.45) is 3.59. The number of aliphatic hydroxyl groups is 1. The number of carbonyl (C=O) groups excluding carboxylic acids is 1. The highest BCUT2D eigenvalue weighted by molar-refractivity contribution is 7.16. The molecule has 2 aliphatic heterocycles. The van der Waals surface area contributed by atoms with Gasteiger partial charge in [0, 0.05) is 43.0 Å². The number of thiophene rings is 1. The molecule has 1 aromatic heterocycles. The molecular weight excluding hydrogens is 382 g/mol. The number of benzene rings is 1. The zero-order valence-corrected chi connectivity index (χ0v) is 18.0. The van der Waals surface area contributed by atoms with Crippen molar-refractivity contribution >= 4 is 28.6 Å². The molecule has 29 heavy (non-hydrogen) atoms. The molecule has 0 bridgehead atoms. The monoisotopic (exact) mass is 411 g/mol. The van der Waals surface area contributed by atoms with Crippen LogP contribution in [0.3, 0.4) is 0 Å². The summed E-state index contributed by atoms with van der Waals surface area (Å²) in [5.74, 6) is 0.388. The summed E-state index contributed by atoms with van der Waals surface area (Å²) in [6, 6.07) is 12.4. The van der Waals surface area contributed by atoms with Crippen molar-refractivity contribution in [2.24, 2.45) is 4.99 Å². The number of hydrogen-bond acceptors (Lipinski definition) is 5. The van der Waals surface area contributed by atoms with Crippen LogP contribution in [-0.2, 0) is 11.3 Å². The van der Waals surface area contributed by atoms with Crippen LogP contribution in [0.2, 0.25) is 0 Å². The number of piperidine rings is 1. The van der Waals surface area contributed by atoms with Crippen molar-refractivity contribution in [1.29, 1.82) is 0 Å². The first-order valence-electron chi connectivity index (χ1n) is 10.3. The zero-order valence-electron chi connectivity index (χ0n) is 17.2. The molecule has 1 atom stereocenters. The van der Waals surface area contributed by atoms with E-state index in [0.717, 1.165) is 11.5 Å². The molecule has 0 radical (unpaired) electrons. The molecule has 1 aromatic carbocycles. The van der Waals surface area contributed by atoms with Gasteiger partial charge >= 0.3 is 0 Å². The van der Waals surface area contributed by atoms with Gasteiger partial charge in [-0.15, -0.1) is 11.3 Å². The molecular formula is C23H29N3O2S. The number of amides is 1. The van der Waals surface area contributed by atoms with E-state index >= 15 is 0 Å². The van der Waals surface area contributed by atoms with Crippen molar-refractivity contribution in [3.8, 4) is 0 Å². The Morgan fingerprint density at radius 2 is 2.00 bits per heavy atom. The highest BCUT2D eigenvalue weighted by Gasteiger charge is 2.36. The Kier molecular flexibility index (Phi) is 5.74. The van der Waals surface area contributed by atoms with E-state index in [4.69, 9.17) is 0 Å². The maximum absolute atomic E-state index is 12.7. The third-order valence-corrected chi connectivity index (χ3v) is 7.02. The van der Waals surface area contributed by atoms with Crippen LogP contribution in [0, 0.1) is 6.92 Å². The fourth-order valence-electron chi connectivity index (χ4n) is 4.27. The molecule has 0 saturated carbocycles. The highest BCUT2D eigenvalue weighted by Crippen LogP contribution is 2.34. The largest absolute Gasteiger partial charge is 0.388 e. The number of rotatable bonds is 5. The molecule has 2 aromatic rings. The van der Waals surface area contributed by atoms with Crippen LogP contribution in [0.15, 0.2) is 41.4 Å². The highest BCUT2D eigenvalue weighted by atomic mass is 32.1. The Morgan fingerprint density at radius 3 is 2.72 bits per heavy atom. The van der Waals surface area contributed by atoms with Gasteiger partial charge in [0.05, 0.1) is 11.9 Å². The fourth-order valence-corrected chi connectivity index (χ4v) is 5.13. The van der Waals surface area contributed by atoms with Crippen LogP contribution >= 0.6 is 11.3 Å². The normalized spacial score (nSPS) is 19.1. The van der Waals surface area contributed by atoms with Crippen molar-refractivity contribution in [3.05, 3.63) is 52.4 Å².